The number of sulfonamides is 1. The second kappa shape index (κ2) is 7.11. The maximum atomic E-state index is 12.3. The number of likely N-dealkylation sites (N-methyl/N-ethyl adjacent to an activating group) is 1. The summed E-state index contributed by atoms with van der Waals surface area (Å²) in [5, 5.41) is 2.23. The Bertz CT molecular complexity index is 718. The van der Waals surface area contributed by atoms with Gasteiger partial charge in [-0.05, 0) is 39.5 Å². The monoisotopic (exact) mass is 409 g/mol. The number of para-hydroxylation sites is 1. The van der Waals surface area contributed by atoms with Crippen molar-refractivity contribution in [1.29, 1.82) is 0 Å². The number of rotatable bonds is 6. The van der Waals surface area contributed by atoms with Gasteiger partial charge >= 0.3 is 0 Å². The predicted octanol–water partition coefficient (Wildman–Crippen LogP) is 3.86. The average Bonchev–Trinajstić information content (AvgIpc) is 2.87. The molecule has 0 fully saturated rings. The number of nitrogens with zero attached hydrogens (tertiary/aromatic N) is 1. The van der Waals surface area contributed by atoms with Crippen LogP contribution in [0.15, 0.2) is 44.4 Å². The summed E-state index contributed by atoms with van der Waals surface area (Å²) < 4.78 is 32.3. The molecule has 114 valence electrons. The van der Waals surface area contributed by atoms with Crippen LogP contribution in [0.4, 0.5) is 0 Å². The quantitative estimate of drug-likeness (QED) is 0.726. The lowest BCUT2D eigenvalue weighted by molar-refractivity contribution is 0.287. The van der Waals surface area contributed by atoms with Gasteiger partial charge in [0.05, 0.1) is 5.02 Å². The molecule has 0 radical (unpaired) electrons. The topological polar surface area (TPSA) is 46.6 Å². The minimum Gasteiger partial charge on any atom is -0.491 e. The highest BCUT2D eigenvalue weighted by atomic mass is 79.9. The molecule has 1 aromatic heterocycles. The van der Waals surface area contributed by atoms with Crippen molar-refractivity contribution in [1.82, 2.24) is 4.31 Å². The van der Waals surface area contributed by atoms with Crippen LogP contribution < -0.4 is 4.74 Å². The fourth-order valence-corrected chi connectivity index (χ4v) is 5.42. The first-order chi connectivity index (χ1) is 9.93. The maximum absolute atomic E-state index is 12.3. The Hall–Kier alpha value is -0.600. The van der Waals surface area contributed by atoms with Gasteiger partial charge in [-0.3, -0.25) is 0 Å². The second-order valence-electron chi connectivity index (χ2n) is 4.16. The zero-order chi connectivity index (χ0) is 15.5. The van der Waals surface area contributed by atoms with Crippen molar-refractivity contribution in [2.45, 2.75) is 4.21 Å². The minimum absolute atomic E-state index is 0.225. The molecule has 1 aromatic carbocycles. The molecule has 2 rings (SSSR count). The predicted molar refractivity (Wildman–Crippen MR) is 88.8 cm³/mol. The summed E-state index contributed by atoms with van der Waals surface area (Å²) in [5.74, 6) is 0.544. The molecule has 21 heavy (non-hydrogen) atoms. The van der Waals surface area contributed by atoms with Crippen molar-refractivity contribution in [2.75, 3.05) is 20.2 Å². The van der Waals surface area contributed by atoms with Crippen molar-refractivity contribution < 1.29 is 13.2 Å². The normalized spacial score (nSPS) is 11.8. The van der Waals surface area contributed by atoms with Gasteiger partial charge < -0.3 is 4.74 Å². The molecule has 2 aromatic rings. The van der Waals surface area contributed by atoms with Crippen molar-refractivity contribution in [3.63, 3.8) is 0 Å². The van der Waals surface area contributed by atoms with Gasteiger partial charge in [0.25, 0.3) is 10.0 Å². The Morgan fingerprint density at radius 1 is 1.33 bits per heavy atom. The zero-order valence-electron chi connectivity index (χ0n) is 11.1. The maximum Gasteiger partial charge on any atom is 0.253 e. The van der Waals surface area contributed by atoms with Crippen LogP contribution in [-0.4, -0.2) is 32.9 Å². The van der Waals surface area contributed by atoms with Crippen LogP contribution in [0.25, 0.3) is 0 Å². The van der Waals surface area contributed by atoms with E-state index in [0.29, 0.717) is 19.5 Å². The third kappa shape index (κ3) is 3.98. The van der Waals surface area contributed by atoms with Gasteiger partial charge in [0, 0.05) is 18.1 Å². The molecule has 0 spiro atoms. The van der Waals surface area contributed by atoms with E-state index in [0.717, 1.165) is 0 Å². The number of benzene rings is 1. The fraction of sp³-hybridized carbons (Fsp3) is 0.231. The van der Waals surface area contributed by atoms with Gasteiger partial charge in [-0.25, -0.2) is 8.42 Å². The number of thiophene rings is 1. The largest absolute Gasteiger partial charge is 0.491 e. The van der Waals surface area contributed by atoms with E-state index in [1.54, 1.807) is 29.6 Å². The molecular weight excluding hydrogens is 398 g/mol. The van der Waals surface area contributed by atoms with Crippen LogP contribution >= 0.6 is 38.9 Å². The molecule has 0 atom stereocenters. The standard InChI is InChI=1S/C13H13BrClNO3S2/c1-16(21(17,18)13-10(14)6-9-20-13)7-8-19-12-5-3-2-4-11(12)15/h2-6,9H,7-8H2,1H3. The van der Waals surface area contributed by atoms with Crippen LogP contribution in [0.2, 0.25) is 5.02 Å². The third-order valence-corrected chi connectivity index (χ3v) is 7.55. The van der Waals surface area contributed by atoms with E-state index in [1.165, 1.54) is 22.7 Å². The van der Waals surface area contributed by atoms with E-state index >= 15 is 0 Å². The van der Waals surface area contributed by atoms with E-state index in [2.05, 4.69) is 15.9 Å². The third-order valence-electron chi connectivity index (χ3n) is 2.73. The average molecular weight is 411 g/mol. The molecule has 0 N–H and O–H groups in total. The fourth-order valence-electron chi connectivity index (χ4n) is 1.57. The van der Waals surface area contributed by atoms with Crippen LogP contribution in [0.5, 0.6) is 5.75 Å². The lowest BCUT2D eigenvalue weighted by Crippen LogP contribution is -2.30. The molecule has 1 heterocycles. The van der Waals surface area contributed by atoms with Gasteiger partial charge in [-0.15, -0.1) is 11.3 Å². The summed E-state index contributed by atoms with van der Waals surface area (Å²) >= 11 is 10.4. The Kier molecular flexibility index (Phi) is 5.67. The lowest BCUT2D eigenvalue weighted by Gasteiger charge is -2.17. The van der Waals surface area contributed by atoms with E-state index in [1.807, 2.05) is 6.07 Å². The first kappa shape index (κ1) is 16.8. The van der Waals surface area contributed by atoms with Crippen molar-refractivity contribution >= 4 is 48.9 Å². The molecule has 0 aliphatic heterocycles. The summed E-state index contributed by atoms with van der Waals surface area (Å²) in [6.45, 7) is 0.459. The molecule has 0 saturated heterocycles. The Labute approximate surface area is 141 Å². The van der Waals surface area contributed by atoms with Gasteiger partial charge in [0.2, 0.25) is 0 Å². The molecule has 0 aliphatic carbocycles. The first-order valence-corrected chi connectivity index (χ1v) is 9.48. The first-order valence-electron chi connectivity index (χ1n) is 5.99. The molecule has 0 amide bonds. The summed E-state index contributed by atoms with van der Waals surface area (Å²) in [4.78, 5) is 0. The van der Waals surface area contributed by atoms with E-state index in [9.17, 15) is 8.42 Å². The van der Waals surface area contributed by atoms with Gasteiger partial charge in [0.1, 0.15) is 16.6 Å². The second-order valence-corrected chi connectivity index (χ2v) is 8.58. The molecule has 0 bridgehead atoms. The Morgan fingerprint density at radius 2 is 2.05 bits per heavy atom. The summed E-state index contributed by atoms with van der Waals surface area (Å²) in [6, 6.07) is 8.79. The van der Waals surface area contributed by atoms with Crippen LogP contribution in [0.3, 0.4) is 0 Å². The molecule has 0 aliphatic rings. The minimum atomic E-state index is -3.50. The highest BCUT2D eigenvalue weighted by molar-refractivity contribution is 9.10. The number of halogens is 2. The van der Waals surface area contributed by atoms with E-state index in [-0.39, 0.29) is 13.2 Å². The smallest absolute Gasteiger partial charge is 0.253 e. The lowest BCUT2D eigenvalue weighted by atomic mass is 10.3. The van der Waals surface area contributed by atoms with Crippen LogP contribution in [-0.2, 0) is 10.0 Å². The van der Waals surface area contributed by atoms with E-state index < -0.39 is 10.0 Å². The van der Waals surface area contributed by atoms with Gasteiger partial charge in [-0.1, -0.05) is 23.7 Å². The Morgan fingerprint density at radius 3 is 2.67 bits per heavy atom. The van der Waals surface area contributed by atoms with Crippen LogP contribution in [0, 0.1) is 0 Å². The summed E-state index contributed by atoms with van der Waals surface area (Å²) in [7, 11) is -1.97. The Balaban J connectivity index is 1.98. The number of ether oxygens (including phenoxy) is 1. The molecular formula is C13H13BrClNO3S2. The number of hydrogen-bond acceptors (Lipinski definition) is 4. The molecule has 4 nitrogen and oxygen atoms in total. The van der Waals surface area contributed by atoms with Crippen molar-refractivity contribution in [3.8, 4) is 5.75 Å². The zero-order valence-corrected chi connectivity index (χ0v) is 15.1. The summed E-state index contributed by atoms with van der Waals surface area (Å²) in [6.07, 6.45) is 0. The highest BCUT2D eigenvalue weighted by Gasteiger charge is 2.24. The number of hydrogen-bond donors (Lipinski definition) is 0. The SMILES string of the molecule is CN(CCOc1ccccc1Cl)S(=O)(=O)c1sccc1Br. The van der Waals surface area contributed by atoms with Crippen molar-refractivity contribution in [2.24, 2.45) is 0 Å². The highest BCUT2D eigenvalue weighted by Crippen LogP contribution is 2.29. The molecule has 8 heteroatoms. The van der Waals surface area contributed by atoms with Crippen molar-refractivity contribution in [3.05, 3.63) is 45.2 Å². The molecule has 0 unspecified atom stereocenters. The molecule has 0 saturated carbocycles. The summed E-state index contributed by atoms with van der Waals surface area (Å²) in [5.41, 5.74) is 0. The van der Waals surface area contributed by atoms with E-state index in [4.69, 9.17) is 16.3 Å². The van der Waals surface area contributed by atoms with Gasteiger partial charge in [-0.2, -0.15) is 4.31 Å². The van der Waals surface area contributed by atoms with Gasteiger partial charge in [0.15, 0.2) is 0 Å². The van der Waals surface area contributed by atoms with Crippen LogP contribution in [0.1, 0.15) is 0 Å².